The molecule has 0 spiro atoms. The highest BCUT2D eigenvalue weighted by Gasteiger charge is 2.10. The Labute approximate surface area is 183 Å². The fraction of sp³-hybridized carbons (Fsp3) is 0.227. The Balaban J connectivity index is 1.69. The molecule has 3 rings (SSSR count). The van der Waals surface area contributed by atoms with E-state index in [0.29, 0.717) is 23.6 Å². The number of nitrogens with one attached hydrogen (secondary N) is 1. The minimum atomic E-state index is -0.291. The van der Waals surface area contributed by atoms with Crippen molar-refractivity contribution in [1.82, 2.24) is 15.2 Å². The molecule has 0 unspecified atom stereocenters. The van der Waals surface area contributed by atoms with Crippen molar-refractivity contribution in [2.24, 2.45) is 5.10 Å². The molecule has 0 saturated carbocycles. The molecule has 30 heavy (non-hydrogen) atoms. The fourth-order valence-electron chi connectivity index (χ4n) is 3.06. The summed E-state index contributed by atoms with van der Waals surface area (Å²) < 4.78 is 13.3. The summed E-state index contributed by atoms with van der Waals surface area (Å²) in [6.45, 7) is 4.57. The van der Waals surface area contributed by atoms with Crippen LogP contribution in [0.15, 0.2) is 52.0 Å². The van der Waals surface area contributed by atoms with Gasteiger partial charge in [0.2, 0.25) is 0 Å². The Morgan fingerprint density at radius 1 is 1.20 bits per heavy atom. The number of carbonyl (C=O) groups is 1. The third kappa shape index (κ3) is 5.07. The van der Waals surface area contributed by atoms with Gasteiger partial charge in [0.15, 0.2) is 11.5 Å². The molecule has 1 amide bonds. The lowest BCUT2D eigenvalue weighted by atomic mass is 10.1. The predicted octanol–water partition coefficient (Wildman–Crippen LogP) is 4.09. The van der Waals surface area contributed by atoms with Crippen molar-refractivity contribution in [3.05, 3.63) is 75.0 Å². The van der Waals surface area contributed by atoms with Crippen molar-refractivity contribution in [2.45, 2.75) is 20.4 Å². The number of hydrogen-bond acceptors (Lipinski definition) is 5. The van der Waals surface area contributed by atoms with Crippen LogP contribution in [-0.4, -0.2) is 36.1 Å². The quantitative estimate of drug-likeness (QED) is 0.416. The van der Waals surface area contributed by atoms with E-state index in [2.05, 4.69) is 31.6 Å². The van der Waals surface area contributed by atoms with Crippen LogP contribution in [0, 0.1) is 13.8 Å². The lowest BCUT2D eigenvalue weighted by Crippen LogP contribution is -2.18. The largest absolute Gasteiger partial charge is 0.493 e. The zero-order chi connectivity index (χ0) is 21.7. The van der Waals surface area contributed by atoms with E-state index in [1.807, 2.05) is 48.9 Å². The summed E-state index contributed by atoms with van der Waals surface area (Å²) in [5.74, 6) is 0.871. The van der Waals surface area contributed by atoms with Crippen LogP contribution < -0.4 is 14.9 Å². The van der Waals surface area contributed by atoms with E-state index in [4.69, 9.17) is 9.47 Å². The van der Waals surface area contributed by atoms with E-state index < -0.39 is 0 Å². The second kappa shape index (κ2) is 9.58. The molecule has 0 atom stereocenters. The van der Waals surface area contributed by atoms with Crippen LogP contribution in [0.5, 0.6) is 11.5 Å². The van der Waals surface area contributed by atoms with Crippen molar-refractivity contribution < 1.29 is 14.3 Å². The lowest BCUT2D eigenvalue weighted by molar-refractivity contribution is 0.0955. The van der Waals surface area contributed by atoms with Gasteiger partial charge < -0.3 is 9.47 Å². The van der Waals surface area contributed by atoms with Crippen LogP contribution in [0.2, 0.25) is 0 Å². The van der Waals surface area contributed by atoms with E-state index in [0.717, 1.165) is 27.0 Å². The molecule has 0 aliphatic heterocycles. The summed E-state index contributed by atoms with van der Waals surface area (Å²) in [6.07, 6.45) is 1.55. The number of methoxy groups -OCH3 is 2. The zero-order valence-corrected chi connectivity index (χ0v) is 18.9. The van der Waals surface area contributed by atoms with Gasteiger partial charge in [-0.2, -0.15) is 10.2 Å². The van der Waals surface area contributed by atoms with Gasteiger partial charge in [-0.15, -0.1) is 0 Å². The van der Waals surface area contributed by atoms with Crippen LogP contribution in [0.1, 0.15) is 32.9 Å². The second-order valence-electron chi connectivity index (χ2n) is 6.72. The first-order chi connectivity index (χ1) is 14.4. The van der Waals surface area contributed by atoms with Crippen molar-refractivity contribution in [2.75, 3.05) is 14.2 Å². The highest BCUT2D eigenvalue weighted by Crippen LogP contribution is 2.35. The number of rotatable bonds is 7. The maximum atomic E-state index is 12.5. The van der Waals surface area contributed by atoms with E-state index in [1.54, 1.807) is 32.6 Å². The number of nitrogens with zero attached hydrogens (tertiary/aromatic N) is 3. The van der Waals surface area contributed by atoms with E-state index in [9.17, 15) is 4.79 Å². The SMILES string of the molecule is COc1cc(C=NNC(=O)c2cccc(Cn3nc(C)cc3C)c2)cc(Br)c1OC. The monoisotopic (exact) mass is 470 g/mol. The van der Waals surface area contributed by atoms with Gasteiger partial charge in [-0.25, -0.2) is 5.43 Å². The number of halogens is 1. The Kier molecular flexibility index (Phi) is 6.89. The Morgan fingerprint density at radius 2 is 2.00 bits per heavy atom. The number of aryl methyl sites for hydroxylation is 2. The maximum Gasteiger partial charge on any atom is 0.271 e. The van der Waals surface area contributed by atoms with E-state index >= 15 is 0 Å². The number of amides is 1. The molecular weight excluding hydrogens is 448 g/mol. The van der Waals surface area contributed by atoms with E-state index in [1.165, 1.54) is 0 Å². The predicted molar refractivity (Wildman–Crippen MR) is 120 cm³/mol. The van der Waals surface area contributed by atoms with Crippen molar-refractivity contribution in [3.8, 4) is 11.5 Å². The zero-order valence-electron chi connectivity index (χ0n) is 17.3. The molecular formula is C22H23BrN4O3. The summed E-state index contributed by atoms with van der Waals surface area (Å²) in [4.78, 5) is 12.5. The number of hydrogen-bond donors (Lipinski definition) is 1. The smallest absolute Gasteiger partial charge is 0.271 e. The van der Waals surface area contributed by atoms with Gasteiger partial charge in [-0.05, 0) is 71.2 Å². The van der Waals surface area contributed by atoms with Crippen molar-refractivity contribution in [3.63, 3.8) is 0 Å². The molecule has 7 nitrogen and oxygen atoms in total. The van der Waals surface area contributed by atoms with Gasteiger partial charge in [-0.1, -0.05) is 12.1 Å². The van der Waals surface area contributed by atoms with Crippen LogP contribution in [-0.2, 0) is 6.54 Å². The molecule has 1 N–H and O–H groups in total. The van der Waals surface area contributed by atoms with Crippen LogP contribution in [0.4, 0.5) is 0 Å². The van der Waals surface area contributed by atoms with Crippen molar-refractivity contribution >= 4 is 28.1 Å². The normalized spacial score (nSPS) is 11.0. The third-order valence-electron chi connectivity index (χ3n) is 4.46. The molecule has 2 aromatic carbocycles. The minimum absolute atomic E-state index is 0.291. The number of hydrazone groups is 1. The first kappa shape index (κ1) is 21.6. The topological polar surface area (TPSA) is 77.7 Å². The lowest BCUT2D eigenvalue weighted by Gasteiger charge is -2.10. The molecule has 0 aliphatic carbocycles. The van der Waals surface area contributed by atoms with Crippen LogP contribution >= 0.6 is 15.9 Å². The number of benzene rings is 2. The summed E-state index contributed by atoms with van der Waals surface area (Å²) in [5, 5.41) is 8.53. The van der Waals surface area contributed by atoms with Gasteiger partial charge in [0.25, 0.3) is 5.91 Å². The van der Waals surface area contributed by atoms with Gasteiger partial charge in [-0.3, -0.25) is 9.48 Å². The molecule has 0 saturated heterocycles. The summed E-state index contributed by atoms with van der Waals surface area (Å²) in [6, 6.07) is 13.0. The van der Waals surface area contributed by atoms with E-state index in [-0.39, 0.29) is 5.91 Å². The van der Waals surface area contributed by atoms with Gasteiger partial charge >= 0.3 is 0 Å². The molecule has 0 radical (unpaired) electrons. The maximum absolute atomic E-state index is 12.5. The molecule has 8 heteroatoms. The number of carbonyl (C=O) groups excluding carboxylic acids is 1. The Morgan fingerprint density at radius 3 is 2.67 bits per heavy atom. The average Bonchev–Trinajstić information content (AvgIpc) is 3.04. The second-order valence-corrected chi connectivity index (χ2v) is 7.58. The average molecular weight is 471 g/mol. The fourth-order valence-corrected chi connectivity index (χ4v) is 3.68. The Hall–Kier alpha value is -3.13. The first-order valence-corrected chi connectivity index (χ1v) is 10.1. The van der Waals surface area contributed by atoms with Crippen molar-refractivity contribution in [1.29, 1.82) is 0 Å². The first-order valence-electron chi connectivity index (χ1n) is 9.26. The van der Waals surface area contributed by atoms with Gasteiger partial charge in [0.1, 0.15) is 0 Å². The molecule has 3 aromatic rings. The molecule has 0 fully saturated rings. The summed E-state index contributed by atoms with van der Waals surface area (Å²) >= 11 is 3.44. The number of ether oxygens (including phenoxy) is 2. The van der Waals surface area contributed by atoms with Crippen LogP contribution in [0.3, 0.4) is 0 Å². The molecule has 1 aromatic heterocycles. The minimum Gasteiger partial charge on any atom is -0.493 e. The third-order valence-corrected chi connectivity index (χ3v) is 5.05. The summed E-state index contributed by atoms with van der Waals surface area (Å²) in [5.41, 5.74) is 6.87. The summed E-state index contributed by atoms with van der Waals surface area (Å²) in [7, 11) is 3.13. The standard InChI is InChI=1S/C22H23BrN4O3/c1-14-8-15(2)27(26-14)13-16-6-5-7-18(9-16)22(28)25-24-12-17-10-19(23)21(30-4)20(11-17)29-3/h5-12H,13H2,1-4H3,(H,25,28). The highest BCUT2D eigenvalue weighted by atomic mass is 79.9. The van der Waals surface area contributed by atoms with Gasteiger partial charge in [0, 0.05) is 11.3 Å². The molecule has 0 aliphatic rings. The highest BCUT2D eigenvalue weighted by molar-refractivity contribution is 9.10. The number of aromatic nitrogens is 2. The Bertz CT molecular complexity index is 1090. The molecule has 156 valence electrons. The molecule has 0 bridgehead atoms. The molecule has 1 heterocycles. The van der Waals surface area contributed by atoms with Crippen LogP contribution in [0.25, 0.3) is 0 Å². The van der Waals surface area contributed by atoms with Gasteiger partial charge in [0.05, 0.1) is 37.1 Å².